The van der Waals surface area contributed by atoms with Crippen molar-refractivity contribution >= 4 is 28.7 Å². The number of nitrogens with one attached hydrogen (secondary N) is 2. The predicted molar refractivity (Wildman–Crippen MR) is 82.1 cm³/mol. The molecule has 0 radical (unpaired) electrons. The summed E-state index contributed by atoms with van der Waals surface area (Å²) in [6.45, 7) is 3.96. The molecule has 0 saturated heterocycles. The molecule has 0 bridgehead atoms. The largest absolute Gasteiger partial charge is 0.332 e. The lowest BCUT2D eigenvalue weighted by molar-refractivity contribution is 0.586. The number of anilines is 2. The maximum Gasteiger partial charge on any atom is 0.175 e. The average molecular weight is 292 g/mol. The van der Waals surface area contributed by atoms with Crippen LogP contribution >= 0.6 is 12.2 Å². The maximum atomic E-state index is 13.5. The van der Waals surface area contributed by atoms with Crippen LogP contribution in [0.4, 0.5) is 20.2 Å². The van der Waals surface area contributed by atoms with Crippen LogP contribution in [0.2, 0.25) is 0 Å². The van der Waals surface area contributed by atoms with Crippen molar-refractivity contribution in [3.05, 3.63) is 59.2 Å². The van der Waals surface area contributed by atoms with Gasteiger partial charge in [0, 0.05) is 11.8 Å². The quantitative estimate of drug-likeness (QED) is 0.803. The Labute approximate surface area is 121 Å². The minimum absolute atomic E-state index is 0.133. The van der Waals surface area contributed by atoms with E-state index in [1.54, 1.807) is 0 Å². The van der Waals surface area contributed by atoms with Gasteiger partial charge >= 0.3 is 0 Å². The molecule has 2 aromatic carbocycles. The summed E-state index contributed by atoms with van der Waals surface area (Å²) in [4.78, 5) is 0. The van der Waals surface area contributed by atoms with Crippen LogP contribution in [0.25, 0.3) is 0 Å². The Kier molecular flexibility index (Phi) is 4.29. The van der Waals surface area contributed by atoms with Gasteiger partial charge in [-0.3, -0.25) is 0 Å². The van der Waals surface area contributed by atoms with Crippen molar-refractivity contribution in [2.45, 2.75) is 13.8 Å². The molecular weight excluding hydrogens is 278 g/mol. The molecule has 0 aliphatic heterocycles. The van der Waals surface area contributed by atoms with E-state index in [-0.39, 0.29) is 10.8 Å². The second kappa shape index (κ2) is 5.96. The molecule has 2 N–H and O–H groups in total. The highest BCUT2D eigenvalue weighted by Crippen LogP contribution is 2.17. The first-order chi connectivity index (χ1) is 9.44. The number of halogens is 2. The number of aryl methyl sites for hydroxylation is 2. The van der Waals surface area contributed by atoms with E-state index >= 15 is 0 Å². The number of benzene rings is 2. The molecule has 0 saturated carbocycles. The topological polar surface area (TPSA) is 24.1 Å². The number of hydrogen-bond donors (Lipinski definition) is 2. The third kappa shape index (κ3) is 3.74. The molecule has 0 amide bonds. The van der Waals surface area contributed by atoms with Crippen LogP contribution < -0.4 is 10.6 Å². The van der Waals surface area contributed by atoms with E-state index in [1.165, 1.54) is 12.1 Å². The highest BCUT2D eigenvalue weighted by atomic mass is 32.1. The van der Waals surface area contributed by atoms with Crippen molar-refractivity contribution < 1.29 is 8.78 Å². The first kappa shape index (κ1) is 14.4. The monoisotopic (exact) mass is 292 g/mol. The third-order valence-corrected chi connectivity index (χ3v) is 2.86. The molecule has 2 rings (SSSR count). The molecule has 0 unspecified atom stereocenters. The van der Waals surface area contributed by atoms with Gasteiger partial charge < -0.3 is 10.6 Å². The zero-order valence-electron chi connectivity index (χ0n) is 11.1. The molecule has 2 nitrogen and oxygen atoms in total. The second-order valence-corrected chi connectivity index (χ2v) is 4.99. The van der Waals surface area contributed by atoms with Crippen molar-refractivity contribution in [3.63, 3.8) is 0 Å². The Morgan fingerprint density at radius 3 is 2.20 bits per heavy atom. The predicted octanol–water partition coefficient (Wildman–Crippen LogP) is 4.39. The summed E-state index contributed by atoms with van der Waals surface area (Å²) in [5, 5.41) is 5.93. The zero-order chi connectivity index (χ0) is 14.7. The van der Waals surface area contributed by atoms with Crippen LogP contribution in [-0.4, -0.2) is 5.11 Å². The van der Waals surface area contributed by atoms with E-state index in [2.05, 4.69) is 10.6 Å². The summed E-state index contributed by atoms with van der Waals surface area (Å²) in [6.07, 6.45) is 0. The fourth-order valence-electron chi connectivity index (χ4n) is 1.92. The highest BCUT2D eigenvalue weighted by molar-refractivity contribution is 7.80. The summed E-state index contributed by atoms with van der Waals surface area (Å²) in [5.74, 6) is -1.31. The van der Waals surface area contributed by atoms with E-state index in [9.17, 15) is 8.78 Å². The van der Waals surface area contributed by atoms with Gasteiger partial charge in [0.2, 0.25) is 0 Å². The van der Waals surface area contributed by atoms with Crippen molar-refractivity contribution in [3.8, 4) is 0 Å². The minimum atomic E-state index is -0.686. The number of thiocarbonyl (C=S) groups is 1. The molecule has 2 aromatic rings. The van der Waals surface area contributed by atoms with Gasteiger partial charge in [0.1, 0.15) is 11.6 Å². The minimum Gasteiger partial charge on any atom is -0.332 e. The molecule has 0 aromatic heterocycles. The molecular formula is C15H14F2N2S. The van der Waals surface area contributed by atoms with Crippen LogP contribution in [0, 0.1) is 25.5 Å². The van der Waals surface area contributed by atoms with Crippen LogP contribution in [-0.2, 0) is 0 Å². The van der Waals surface area contributed by atoms with Crippen molar-refractivity contribution in [1.82, 2.24) is 0 Å². The lowest BCUT2D eigenvalue weighted by Crippen LogP contribution is -2.20. The van der Waals surface area contributed by atoms with E-state index < -0.39 is 11.6 Å². The van der Waals surface area contributed by atoms with Gasteiger partial charge in [0.15, 0.2) is 5.11 Å². The Morgan fingerprint density at radius 2 is 1.60 bits per heavy atom. The Bertz CT molecular complexity index is 636. The highest BCUT2D eigenvalue weighted by Gasteiger charge is 2.06. The number of rotatable bonds is 2. The van der Waals surface area contributed by atoms with Crippen LogP contribution in [0.15, 0.2) is 36.4 Å². The normalized spacial score (nSPS) is 10.2. The lowest BCUT2D eigenvalue weighted by atomic mass is 10.1. The SMILES string of the molecule is Cc1cc(C)cc(NC(=S)Nc2ccc(F)cc2F)c1. The van der Waals surface area contributed by atoms with E-state index in [0.717, 1.165) is 22.9 Å². The third-order valence-electron chi connectivity index (χ3n) is 2.66. The Hall–Kier alpha value is -2.01. The Morgan fingerprint density at radius 1 is 0.950 bits per heavy atom. The summed E-state index contributed by atoms with van der Waals surface area (Å²) in [5.41, 5.74) is 3.15. The fraction of sp³-hybridized carbons (Fsp3) is 0.133. The van der Waals surface area contributed by atoms with Crippen LogP contribution in [0.1, 0.15) is 11.1 Å². The first-order valence-corrected chi connectivity index (χ1v) is 6.46. The molecule has 0 atom stereocenters. The standard InChI is InChI=1S/C15H14F2N2S/c1-9-5-10(2)7-12(6-9)18-15(20)19-14-4-3-11(16)8-13(14)17/h3-8H,1-2H3,(H2,18,19,20). The zero-order valence-corrected chi connectivity index (χ0v) is 11.9. The van der Waals surface area contributed by atoms with Crippen LogP contribution in [0.5, 0.6) is 0 Å². The average Bonchev–Trinajstić information content (AvgIpc) is 2.31. The maximum absolute atomic E-state index is 13.5. The molecule has 0 fully saturated rings. The molecule has 0 spiro atoms. The summed E-state index contributed by atoms with van der Waals surface area (Å²) in [6, 6.07) is 9.19. The molecule has 104 valence electrons. The van der Waals surface area contributed by atoms with Crippen molar-refractivity contribution in [1.29, 1.82) is 0 Å². The van der Waals surface area contributed by atoms with Gasteiger partial charge in [-0.25, -0.2) is 8.78 Å². The van der Waals surface area contributed by atoms with E-state index in [1.807, 2.05) is 32.0 Å². The molecule has 20 heavy (non-hydrogen) atoms. The van der Waals surface area contributed by atoms with Gasteiger partial charge in [-0.15, -0.1) is 0 Å². The molecule has 0 heterocycles. The fourth-order valence-corrected chi connectivity index (χ4v) is 2.15. The second-order valence-electron chi connectivity index (χ2n) is 4.58. The molecule has 0 aliphatic rings. The van der Waals surface area contributed by atoms with E-state index in [0.29, 0.717) is 0 Å². The summed E-state index contributed by atoms with van der Waals surface area (Å²) in [7, 11) is 0. The summed E-state index contributed by atoms with van der Waals surface area (Å²) >= 11 is 5.11. The first-order valence-electron chi connectivity index (χ1n) is 6.05. The van der Waals surface area contributed by atoms with Crippen molar-refractivity contribution in [2.24, 2.45) is 0 Å². The summed E-state index contributed by atoms with van der Waals surface area (Å²) < 4.78 is 26.3. The van der Waals surface area contributed by atoms with Gasteiger partial charge in [-0.05, 0) is 61.5 Å². The van der Waals surface area contributed by atoms with E-state index in [4.69, 9.17) is 12.2 Å². The molecule has 5 heteroatoms. The Balaban J connectivity index is 2.09. The smallest absolute Gasteiger partial charge is 0.175 e. The lowest BCUT2D eigenvalue weighted by Gasteiger charge is -2.12. The van der Waals surface area contributed by atoms with Crippen LogP contribution in [0.3, 0.4) is 0 Å². The van der Waals surface area contributed by atoms with Gasteiger partial charge in [-0.2, -0.15) is 0 Å². The molecule has 0 aliphatic carbocycles. The number of hydrogen-bond acceptors (Lipinski definition) is 1. The van der Waals surface area contributed by atoms with Gasteiger partial charge in [0.25, 0.3) is 0 Å². The van der Waals surface area contributed by atoms with Gasteiger partial charge in [-0.1, -0.05) is 6.07 Å². The van der Waals surface area contributed by atoms with Crippen molar-refractivity contribution in [2.75, 3.05) is 10.6 Å². The van der Waals surface area contributed by atoms with Gasteiger partial charge in [0.05, 0.1) is 5.69 Å².